The summed E-state index contributed by atoms with van der Waals surface area (Å²) in [4.78, 5) is 11.8. The lowest BCUT2D eigenvalue weighted by Crippen LogP contribution is -2.49. The Balaban J connectivity index is 2.10. The van der Waals surface area contributed by atoms with E-state index in [9.17, 15) is 9.90 Å². The van der Waals surface area contributed by atoms with Crippen molar-refractivity contribution in [1.29, 1.82) is 0 Å². The zero-order chi connectivity index (χ0) is 10.9. The predicted octanol–water partition coefficient (Wildman–Crippen LogP) is 0.871. The lowest BCUT2D eigenvalue weighted by Gasteiger charge is -2.38. The molecule has 4 heteroatoms. The first kappa shape index (κ1) is 10.9. The van der Waals surface area contributed by atoms with Gasteiger partial charge in [0, 0.05) is 26.1 Å². The van der Waals surface area contributed by atoms with Gasteiger partial charge >= 0.3 is 5.97 Å². The molecule has 1 saturated heterocycles. The van der Waals surface area contributed by atoms with Crippen LogP contribution in [0.5, 0.6) is 0 Å². The van der Waals surface area contributed by atoms with E-state index in [1.54, 1.807) is 6.92 Å². The van der Waals surface area contributed by atoms with Crippen molar-refractivity contribution in [1.82, 2.24) is 0 Å². The van der Waals surface area contributed by atoms with Crippen LogP contribution in [-0.4, -0.2) is 36.5 Å². The fourth-order valence-corrected chi connectivity index (χ4v) is 2.44. The molecule has 0 aromatic carbocycles. The number of ether oxygens (including phenoxy) is 2. The maximum atomic E-state index is 11.8. The zero-order valence-electron chi connectivity index (χ0n) is 9.12. The summed E-state index contributed by atoms with van der Waals surface area (Å²) >= 11 is 0. The van der Waals surface area contributed by atoms with E-state index in [1.807, 2.05) is 0 Å². The van der Waals surface area contributed by atoms with Crippen LogP contribution in [0.2, 0.25) is 0 Å². The van der Waals surface area contributed by atoms with Crippen molar-refractivity contribution in [3.63, 3.8) is 0 Å². The van der Waals surface area contributed by atoms with Gasteiger partial charge in [-0.15, -0.1) is 0 Å². The van der Waals surface area contributed by atoms with Gasteiger partial charge in [0.15, 0.2) is 0 Å². The van der Waals surface area contributed by atoms with E-state index >= 15 is 0 Å². The molecule has 0 aromatic rings. The number of carbonyl (C=O) groups is 1. The first-order valence-corrected chi connectivity index (χ1v) is 5.62. The van der Waals surface area contributed by atoms with Gasteiger partial charge in [-0.3, -0.25) is 4.79 Å². The first-order chi connectivity index (χ1) is 7.15. The number of aliphatic hydroxyl groups is 1. The second-order valence-corrected chi connectivity index (χ2v) is 4.45. The molecule has 1 aliphatic carbocycles. The van der Waals surface area contributed by atoms with Crippen molar-refractivity contribution in [2.45, 2.75) is 38.2 Å². The second-order valence-electron chi connectivity index (χ2n) is 4.45. The van der Waals surface area contributed by atoms with E-state index < -0.39 is 11.0 Å². The third-order valence-electron chi connectivity index (χ3n) is 3.63. The number of hydrogen-bond acceptors (Lipinski definition) is 4. The third-order valence-corrected chi connectivity index (χ3v) is 3.63. The van der Waals surface area contributed by atoms with Gasteiger partial charge in [0.05, 0.1) is 17.6 Å². The van der Waals surface area contributed by atoms with Crippen LogP contribution in [0.25, 0.3) is 0 Å². The Hall–Kier alpha value is -0.610. The Morgan fingerprint density at radius 1 is 1.33 bits per heavy atom. The second kappa shape index (κ2) is 3.76. The quantitative estimate of drug-likeness (QED) is 0.708. The van der Waals surface area contributed by atoms with Crippen molar-refractivity contribution in [2.75, 3.05) is 19.8 Å². The Bertz CT molecular complexity index is 251. The highest BCUT2D eigenvalue weighted by Gasteiger charge is 2.64. The molecule has 0 unspecified atom stereocenters. The maximum absolute atomic E-state index is 11.8. The van der Waals surface area contributed by atoms with Gasteiger partial charge in [-0.2, -0.15) is 0 Å². The van der Waals surface area contributed by atoms with Crippen LogP contribution >= 0.6 is 0 Å². The summed E-state index contributed by atoms with van der Waals surface area (Å²) in [6.45, 7) is 3.25. The van der Waals surface area contributed by atoms with Crippen LogP contribution in [0.4, 0.5) is 0 Å². The maximum Gasteiger partial charge on any atom is 0.315 e. The highest BCUT2D eigenvalue weighted by molar-refractivity contribution is 5.81. The topological polar surface area (TPSA) is 55.8 Å². The van der Waals surface area contributed by atoms with Crippen LogP contribution in [0.15, 0.2) is 0 Å². The molecule has 0 aromatic heterocycles. The zero-order valence-corrected chi connectivity index (χ0v) is 9.12. The van der Waals surface area contributed by atoms with Gasteiger partial charge in [0.1, 0.15) is 0 Å². The standard InChI is InChI=1S/C11H18O4/c1-2-15-9(12)10(3-4-10)11(13)5-7-14-8-6-11/h13H,2-8H2,1H3. The molecule has 2 aliphatic rings. The molecule has 1 N–H and O–H groups in total. The minimum absolute atomic E-state index is 0.227. The van der Waals surface area contributed by atoms with Gasteiger partial charge < -0.3 is 14.6 Å². The largest absolute Gasteiger partial charge is 0.465 e. The summed E-state index contributed by atoms with van der Waals surface area (Å²) in [7, 11) is 0. The van der Waals surface area contributed by atoms with E-state index in [4.69, 9.17) is 9.47 Å². The smallest absolute Gasteiger partial charge is 0.315 e. The molecule has 0 atom stereocenters. The molecule has 0 amide bonds. The summed E-state index contributed by atoms with van der Waals surface area (Å²) < 4.78 is 10.3. The summed E-state index contributed by atoms with van der Waals surface area (Å²) in [6, 6.07) is 0. The van der Waals surface area contributed by atoms with Crippen LogP contribution < -0.4 is 0 Å². The molecule has 2 fully saturated rings. The summed E-state index contributed by atoms with van der Waals surface area (Å²) in [5, 5.41) is 10.5. The van der Waals surface area contributed by atoms with Crippen LogP contribution in [-0.2, 0) is 14.3 Å². The molecule has 2 rings (SSSR count). The Morgan fingerprint density at radius 2 is 1.93 bits per heavy atom. The number of hydrogen-bond donors (Lipinski definition) is 1. The first-order valence-electron chi connectivity index (χ1n) is 5.62. The molecule has 0 spiro atoms. The average Bonchev–Trinajstić information content (AvgIpc) is 3.00. The van der Waals surface area contributed by atoms with Crippen molar-refractivity contribution in [2.24, 2.45) is 5.41 Å². The van der Waals surface area contributed by atoms with E-state index in [-0.39, 0.29) is 5.97 Å². The lowest BCUT2D eigenvalue weighted by molar-refractivity contribution is -0.171. The van der Waals surface area contributed by atoms with Crippen LogP contribution in [0.3, 0.4) is 0 Å². The van der Waals surface area contributed by atoms with Gasteiger partial charge in [-0.05, 0) is 19.8 Å². The fraction of sp³-hybridized carbons (Fsp3) is 0.909. The lowest BCUT2D eigenvalue weighted by atomic mass is 9.78. The highest BCUT2D eigenvalue weighted by Crippen LogP contribution is 2.58. The predicted molar refractivity (Wildman–Crippen MR) is 53.3 cm³/mol. The molecule has 0 radical (unpaired) electrons. The SMILES string of the molecule is CCOC(=O)C1(C2(O)CCOCC2)CC1. The molecular weight excluding hydrogens is 196 g/mol. The van der Waals surface area contributed by atoms with E-state index in [1.165, 1.54) is 0 Å². The summed E-state index contributed by atoms with van der Waals surface area (Å²) in [5.41, 5.74) is -1.51. The minimum Gasteiger partial charge on any atom is -0.465 e. The van der Waals surface area contributed by atoms with Crippen molar-refractivity contribution < 1.29 is 19.4 Å². The minimum atomic E-state index is -0.891. The molecule has 86 valence electrons. The van der Waals surface area contributed by atoms with Gasteiger partial charge in [-0.25, -0.2) is 0 Å². The number of esters is 1. The van der Waals surface area contributed by atoms with Crippen LogP contribution in [0.1, 0.15) is 32.6 Å². The Kier molecular flexibility index (Phi) is 2.73. The van der Waals surface area contributed by atoms with Crippen LogP contribution in [0, 0.1) is 5.41 Å². The molecular formula is C11H18O4. The van der Waals surface area contributed by atoms with Crippen molar-refractivity contribution in [3.05, 3.63) is 0 Å². The Labute approximate surface area is 89.6 Å². The summed E-state index contributed by atoms with van der Waals surface area (Å²) in [6.07, 6.45) is 2.60. The van der Waals surface area contributed by atoms with E-state index in [0.29, 0.717) is 32.7 Å². The number of rotatable bonds is 3. The monoisotopic (exact) mass is 214 g/mol. The van der Waals surface area contributed by atoms with E-state index in [2.05, 4.69) is 0 Å². The number of carbonyl (C=O) groups excluding carboxylic acids is 1. The molecule has 1 saturated carbocycles. The Morgan fingerprint density at radius 3 is 2.40 bits per heavy atom. The van der Waals surface area contributed by atoms with Gasteiger partial charge in [0.25, 0.3) is 0 Å². The van der Waals surface area contributed by atoms with Crippen molar-refractivity contribution in [3.8, 4) is 0 Å². The molecule has 1 heterocycles. The van der Waals surface area contributed by atoms with Gasteiger partial charge in [0.2, 0.25) is 0 Å². The van der Waals surface area contributed by atoms with E-state index in [0.717, 1.165) is 12.8 Å². The van der Waals surface area contributed by atoms with Crippen molar-refractivity contribution >= 4 is 5.97 Å². The average molecular weight is 214 g/mol. The highest BCUT2D eigenvalue weighted by atomic mass is 16.5. The molecule has 4 nitrogen and oxygen atoms in total. The molecule has 1 aliphatic heterocycles. The molecule has 0 bridgehead atoms. The van der Waals surface area contributed by atoms with Gasteiger partial charge in [-0.1, -0.05) is 0 Å². The third kappa shape index (κ3) is 1.66. The summed E-state index contributed by atoms with van der Waals surface area (Å²) in [5.74, 6) is -0.227. The molecule has 15 heavy (non-hydrogen) atoms. The fourth-order valence-electron chi connectivity index (χ4n) is 2.44. The normalized spacial score (nSPS) is 27.1.